The zero-order chi connectivity index (χ0) is 14.4. The molecule has 0 spiro atoms. The maximum Gasteiger partial charge on any atom is 0.237 e. The van der Waals surface area contributed by atoms with Crippen molar-refractivity contribution in [1.29, 1.82) is 0 Å². The first-order chi connectivity index (χ1) is 9.69. The Hall–Kier alpha value is -1.74. The zero-order valence-electron chi connectivity index (χ0n) is 11.8. The molecule has 0 saturated heterocycles. The molecule has 0 aliphatic carbocycles. The van der Waals surface area contributed by atoms with Gasteiger partial charge in [-0.25, -0.2) is 0 Å². The van der Waals surface area contributed by atoms with Crippen molar-refractivity contribution in [3.8, 4) is 0 Å². The van der Waals surface area contributed by atoms with Crippen LogP contribution in [-0.4, -0.2) is 11.2 Å². The number of carbonyl (C=O) groups excluding carboxylic acids is 1. The average molecular weight is 285 g/mol. The van der Waals surface area contributed by atoms with Crippen molar-refractivity contribution in [3.05, 3.63) is 60.2 Å². The van der Waals surface area contributed by atoms with E-state index in [0.717, 1.165) is 17.0 Å². The van der Waals surface area contributed by atoms with Gasteiger partial charge in [0.2, 0.25) is 5.91 Å². The maximum atomic E-state index is 12.2. The molecule has 20 heavy (non-hydrogen) atoms. The van der Waals surface area contributed by atoms with E-state index >= 15 is 0 Å². The Labute approximate surface area is 124 Å². The highest BCUT2D eigenvalue weighted by molar-refractivity contribution is 8.00. The molecule has 2 aromatic carbocycles. The number of carbonyl (C=O) groups is 1. The van der Waals surface area contributed by atoms with Gasteiger partial charge in [0, 0.05) is 10.6 Å². The lowest BCUT2D eigenvalue weighted by atomic mass is 10.1. The molecule has 3 heteroatoms. The van der Waals surface area contributed by atoms with Gasteiger partial charge in [-0.15, -0.1) is 11.8 Å². The summed E-state index contributed by atoms with van der Waals surface area (Å²) in [6.07, 6.45) is 0.970. The van der Waals surface area contributed by atoms with E-state index in [1.165, 1.54) is 5.56 Å². The van der Waals surface area contributed by atoms with Crippen LogP contribution >= 0.6 is 11.8 Å². The summed E-state index contributed by atoms with van der Waals surface area (Å²) < 4.78 is 0. The van der Waals surface area contributed by atoms with Crippen LogP contribution in [0.15, 0.2) is 59.5 Å². The highest BCUT2D eigenvalue weighted by Gasteiger charge is 2.14. The van der Waals surface area contributed by atoms with Crippen LogP contribution in [0.2, 0.25) is 0 Å². The number of rotatable bonds is 5. The molecule has 0 heterocycles. The standard InChI is InChI=1S/C17H19NOS/c1-3-14-8-7-9-15(12-14)18-17(19)13(2)20-16-10-5-4-6-11-16/h4-13H,3H2,1-2H3,(H,18,19)/t13-/m0/s1. The molecule has 2 nitrogen and oxygen atoms in total. The van der Waals surface area contributed by atoms with Gasteiger partial charge in [0.05, 0.1) is 5.25 Å². The fraction of sp³-hybridized carbons (Fsp3) is 0.235. The summed E-state index contributed by atoms with van der Waals surface area (Å²) in [4.78, 5) is 13.3. The first-order valence-corrected chi connectivity index (χ1v) is 7.68. The molecule has 1 amide bonds. The number of hydrogen-bond donors (Lipinski definition) is 1. The SMILES string of the molecule is CCc1cccc(NC(=O)[C@H](C)Sc2ccccc2)c1. The molecule has 0 bridgehead atoms. The van der Waals surface area contributed by atoms with Gasteiger partial charge in [0.25, 0.3) is 0 Å². The van der Waals surface area contributed by atoms with E-state index in [2.05, 4.69) is 18.3 Å². The molecule has 0 fully saturated rings. The Bertz CT molecular complexity index is 568. The fourth-order valence-electron chi connectivity index (χ4n) is 1.87. The topological polar surface area (TPSA) is 29.1 Å². The monoisotopic (exact) mass is 285 g/mol. The lowest BCUT2D eigenvalue weighted by molar-refractivity contribution is -0.115. The fourth-order valence-corrected chi connectivity index (χ4v) is 2.76. The van der Waals surface area contributed by atoms with Crippen molar-refractivity contribution in [2.45, 2.75) is 30.4 Å². The molecule has 1 atom stereocenters. The number of thioether (sulfide) groups is 1. The number of anilines is 1. The minimum atomic E-state index is -0.123. The van der Waals surface area contributed by atoms with Crippen LogP contribution in [-0.2, 0) is 11.2 Å². The van der Waals surface area contributed by atoms with E-state index in [0.29, 0.717) is 0 Å². The second-order valence-electron chi connectivity index (χ2n) is 4.62. The van der Waals surface area contributed by atoms with Crippen LogP contribution in [0, 0.1) is 0 Å². The van der Waals surface area contributed by atoms with Crippen molar-refractivity contribution in [3.63, 3.8) is 0 Å². The summed E-state index contributed by atoms with van der Waals surface area (Å²) in [6, 6.07) is 18.0. The number of nitrogens with one attached hydrogen (secondary N) is 1. The second kappa shape index (κ2) is 7.15. The van der Waals surface area contributed by atoms with Crippen LogP contribution in [0.5, 0.6) is 0 Å². The first kappa shape index (κ1) is 14.7. The van der Waals surface area contributed by atoms with Crippen molar-refractivity contribution < 1.29 is 4.79 Å². The zero-order valence-corrected chi connectivity index (χ0v) is 12.6. The molecule has 0 aliphatic heterocycles. The summed E-state index contributed by atoms with van der Waals surface area (Å²) >= 11 is 1.57. The summed E-state index contributed by atoms with van der Waals surface area (Å²) in [5.74, 6) is 0.0344. The molecule has 2 aromatic rings. The van der Waals surface area contributed by atoms with Gasteiger partial charge >= 0.3 is 0 Å². The Morgan fingerprint density at radius 3 is 2.60 bits per heavy atom. The van der Waals surface area contributed by atoms with Crippen molar-refractivity contribution in [2.75, 3.05) is 5.32 Å². The van der Waals surface area contributed by atoms with E-state index in [9.17, 15) is 4.79 Å². The van der Waals surface area contributed by atoms with Gasteiger partial charge in [-0.2, -0.15) is 0 Å². The minimum Gasteiger partial charge on any atom is -0.325 e. The summed E-state index contributed by atoms with van der Waals surface area (Å²) in [6.45, 7) is 4.03. The Kier molecular flexibility index (Phi) is 5.24. The molecule has 0 aromatic heterocycles. The molecule has 0 radical (unpaired) electrons. The molecule has 0 unspecified atom stereocenters. The predicted molar refractivity (Wildman–Crippen MR) is 86.2 cm³/mol. The molecule has 2 rings (SSSR count). The van der Waals surface area contributed by atoms with Gasteiger partial charge < -0.3 is 5.32 Å². The lowest BCUT2D eigenvalue weighted by Gasteiger charge is -2.12. The van der Waals surface area contributed by atoms with E-state index in [-0.39, 0.29) is 11.2 Å². The predicted octanol–water partition coefficient (Wildman–Crippen LogP) is 4.37. The normalized spacial score (nSPS) is 11.9. The molecule has 0 aliphatic rings. The van der Waals surface area contributed by atoms with Crippen LogP contribution in [0.4, 0.5) is 5.69 Å². The molecular weight excluding hydrogens is 266 g/mol. The quantitative estimate of drug-likeness (QED) is 0.827. The molecule has 0 saturated carbocycles. The summed E-state index contributed by atoms with van der Waals surface area (Å²) in [7, 11) is 0. The third-order valence-corrected chi connectivity index (χ3v) is 4.14. The molecular formula is C17H19NOS. The van der Waals surface area contributed by atoms with Gasteiger partial charge in [-0.05, 0) is 43.2 Å². The highest BCUT2D eigenvalue weighted by Crippen LogP contribution is 2.23. The Morgan fingerprint density at radius 2 is 1.90 bits per heavy atom. The van der Waals surface area contributed by atoms with Crippen LogP contribution in [0.1, 0.15) is 19.4 Å². The van der Waals surface area contributed by atoms with Crippen molar-refractivity contribution >= 4 is 23.4 Å². The Morgan fingerprint density at radius 1 is 1.15 bits per heavy atom. The summed E-state index contributed by atoms with van der Waals surface area (Å²) in [5, 5.41) is 2.85. The largest absolute Gasteiger partial charge is 0.325 e. The van der Waals surface area contributed by atoms with Gasteiger partial charge in [0.1, 0.15) is 0 Å². The van der Waals surface area contributed by atoms with Crippen LogP contribution < -0.4 is 5.32 Å². The number of amides is 1. The van der Waals surface area contributed by atoms with E-state index in [4.69, 9.17) is 0 Å². The molecule has 1 N–H and O–H groups in total. The van der Waals surface area contributed by atoms with Crippen molar-refractivity contribution in [2.24, 2.45) is 0 Å². The number of aryl methyl sites for hydroxylation is 1. The number of hydrogen-bond acceptors (Lipinski definition) is 2. The third kappa shape index (κ3) is 4.14. The Balaban J connectivity index is 1.97. The molecule has 104 valence electrons. The minimum absolute atomic E-state index is 0.0344. The smallest absolute Gasteiger partial charge is 0.237 e. The van der Waals surface area contributed by atoms with Gasteiger partial charge in [-0.1, -0.05) is 37.3 Å². The third-order valence-electron chi connectivity index (χ3n) is 3.03. The second-order valence-corrected chi connectivity index (χ2v) is 6.03. The van der Waals surface area contributed by atoms with E-state index in [1.807, 2.05) is 55.5 Å². The van der Waals surface area contributed by atoms with Crippen LogP contribution in [0.25, 0.3) is 0 Å². The summed E-state index contributed by atoms with van der Waals surface area (Å²) in [5.41, 5.74) is 2.10. The van der Waals surface area contributed by atoms with E-state index in [1.54, 1.807) is 11.8 Å². The van der Waals surface area contributed by atoms with Crippen molar-refractivity contribution in [1.82, 2.24) is 0 Å². The lowest BCUT2D eigenvalue weighted by Crippen LogP contribution is -2.22. The first-order valence-electron chi connectivity index (χ1n) is 6.80. The van der Waals surface area contributed by atoms with Gasteiger partial charge in [0.15, 0.2) is 0 Å². The average Bonchev–Trinajstić information content (AvgIpc) is 2.48. The maximum absolute atomic E-state index is 12.2. The van der Waals surface area contributed by atoms with E-state index < -0.39 is 0 Å². The van der Waals surface area contributed by atoms with Gasteiger partial charge in [-0.3, -0.25) is 4.79 Å². The highest BCUT2D eigenvalue weighted by atomic mass is 32.2. The number of benzene rings is 2. The van der Waals surface area contributed by atoms with Crippen LogP contribution in [0.3, 0.4) is 0 Å².